The minimum atomic E-state index is 0.762. The van der Waals surface area contributed by atoms with E-state index < -0.39 is 0 Å². The summed E-state index contributed by atoms with van der Waals surface area (Å²) in [5.41, 5.74) is 7.16. The summed E-state index contributed by atoms with van der Waals surface area (Å²) in [5.74, 6) is 0.762. The molecule has 4 nitrogen and oxygen atoms in total. The third-order valence-electron chi connectivity index (χ3n) is 4.76. The molecule has 0 saturated carbocycles. The lowest BCUT2D eigenvalue weighted by Crippen LogP contribution is -1.89. The highest BCUT2D eigenvalue weighted by atomic mass is 15.2. The molecule has 0 N–H and O–H groups in total. The minimum Gasteiger partial charge on any atom is -0.280 e. The molecule has 134 valence electrons. The fourth-order valence-electron chi connectivity index (χ4n) is 3.24. The highest BCUT2D eigenvalue weighted by molar-refractivity contribution is 5.75. The molecule has 0 aliphatic carbocycles. The predicted octanol–water partition coefficient (Wildman–Crippen LogP) is 6.60. The second kappa shape index (κ2) is 7.16. The Bertz CT molecular complexity index is 1120. The van der Waals surface area contributed by atoms with E-state index in [1.54, 1.807) is 0 Å². The Morgan fingerprint density at radius 1 is 0.852 bits per heavy atom. The van der Waals surface area contributed by atoms with Crippen molar-refractivity contribution in [2.75, 3.05) is 0 Å². The number of imidazole rings is 1. The van der Waals surface area contributed by atoms with Crippen molar-refractivity contribution in [1.82, 2.24) is 9.38 Å². The van der Waals surface area contributed by atoms with Gasteiger partial charge in [-0.15, -0.1) is 10.2 Å². The monoisotopic (exact) mass is 354 g/mol. The molecule has 2 aromatic carbocycles. The van der Waals surface area contributed by atoms with Crippen LogP contribution in [-0.2, 0) is 6.42 Å². The number of hydrogen-bond acceptors (Lipinski definition) is 3. The standard InChI is InChI=1S/C23H22N4/c1-4-18-9-5-6-10-20(18)25-26-23-22(19-14-12-16(2)13-15-19)24-21-11-7-8-17(3)27(21)23/h5-15H,4H2,1-3H3. The fourth-order valence-corrected chi connectivity index (χ4v) is 3.24. The molecule has 0 fully saturated rings. The maximum absolute atomic E-state index is 4.84. The van der Waals surface area contributed by atoms with Crippen LogP contribution in [0.25, 0.3) is 16.9 Å². The van der Waals surface area contributed by atoms with Crippen molar-refractivity contribution in [2.24, 2.45) is 10.2 Å². The smallest absolute Gasteiger partial charge is 0.187 e. The van der Waals surface area contributed by atoms with Gasteiger partial charge in [0.1, 0.15) is 11.3 Å². The maximum atomic E-state index is 4.84. The molecule has 0 atom stereocenters. The van der Waals surface area contributed by atoms with Crippen molar-refractivity contribution < 1.29 is 0 Å². The molecule has 27 heavy (non-hydrogen) atoms. The van der Waals surface area contributed by atoms with Crippen molar-refractivity contribution in [3.05, 3.63) is 83.6 Å². The van der Waals surface area contributed by atoms with Gasteiger partial charge in [0.25, 0.3) is 0 Å². The van der Waals surface area contributed by atoms with Gasteiger partial charge < -0.3 is 0 Å². The summed E-state index contributed by atoms with van der Waals surface area (Å²) in [7, 11) is 0. The van der Waals surface area contributed by atoms with Gasteiger partial charge in [-0.05, 0) is 44.0 Å². The normalized spacial score (nSPS) is 11.5. The summed E-state index contributed by atoms with van der Waals surface area (Å²) in [4.78, 5) is 4.84. The molecule has 0 amide bonds. The summed E-state index contributed by atoms with van der Waals surface area (Å²) in [6, 6.07) is 22.6. The molecule has 0 spiro atoms. The number of aryl methyl sites for hydroxylation is 3. The molecule has 0 aliphatic rings. The highest BCUT2D eigenvalue weighted by Crippen LogP contribution is 2.33. The summed E-state index contributed by atoms with van der Waals surface area (Å²) in [6.07, 6.45) is 0.923. The van der Waals surface area contributed by atoms with Crippen LogP contribution in [0.1, 0.15) is 23.7 Å². The first-order valence-electron chi connectivity index (χ1n) is 9.22. The lowest BCUT2D eigenvalue weighted by Gasteiger charge is -2.04. The Balaban J connectivity index is 1.91. The van der Waals surface area contributed by atoms with Crippen molar-refractivity contribution in [2.45, 2.75) is 27.2 Å². The molecular formula is C23H22N4. The van der Waals surface area contributed by atoms with Gasteiger partial charge in [-0.3, -0.25) is 4.40 Å². The van der Waals surface area contributed by atoms with Crippen molar-refractivity contribution in [1.29, 1.82) is 0 Å². The molecular weight excluding hydrogens is 332 g/mol. The molecule has 4 rings (SSSR count). The summed E-state index contributed by atoms with van der Waals surface area (Å²) < 4.78 is 2.06. The van der Waals surface area contributed by atoms with E-state index in [0.29, 0.717) is 0 Å². The predicted molar refractivity (Wildman–Crippen MR) is 110 cm³/mol. The van der Waals surface area contributed by atoms with Crippen LogP contribution in [0.2, 0.25) is 0 Å². The zero-order chi connectivity index (χ0) is 18.8. The van der Waals surface area contributed by atoms with Crippen molar-refractivity contribution >= 4 is 17.2 Å². The third-order valence-corrected chi connectivity index (χ3v) is 4.76. The van der Waals surface area contributed by atoms with E-state index in [1.165, 1.54) is 11.1 Å². The molecule has 4 aromatic rings. The van der Waals surface area contributed by atoms with E-state index in [0.717, 1.165) is 40.5 Å². The summed E-state index contributed by atoms with van der Waals surface area (Å²) in [5, 5.41) is 9.24. The van der Waals surface area contributed by atoms with E-state index in [9.17, 15) is 0 Å². The van der Waals surface area contributed by atoms with Crippen LogP contribution < -0.4 is 0 Å². The lowest BCUT2D eigenvalue weighted by molar-refractivity contribution is 1.04. The van der Waals surface area contributed by atoms with Crippen LogP contribution in [0.5, 0.6) is 0 Å². The second-order valence-electron chi connectivity index (χ2n) is 6.69. The quantitative estimate of drug-likeness (QED) is 0.381. The van der Waals surface area contributed by atoms with Gasteiger partial charge >= 0.3 is 0 Å². The Hall–Kier alpha value is -3.27. The highest BCUT2D eigenvalue weighted by Gasteiger charge is 2.15. The van der Waals surface area contributed by atoms with Crippen molar-refractivity contribution in [3.63, 3.8) is 0 Å². The van der Waals surface area contributed by atoms with Crippen molar-refractivity contribution in [3.8, 4) is 11.3 Å². The first-order chi connectivity index (χ1) is 13.2. The fraction of sp³-hybridized carbons (Fsp3) is 0.174. The van der Waals surface area contributed by atoms with E-state index >= 15 is 0 Å². The van der Waals surface area contributed by atoms with Crippen LogP contribution >= 0.6 is 0 Å². The van der Waals surface area contributed by atoms with Gasteiger partial charge in [-0.25, -0.2) is 4.98 Å². The van der Waals surface area contributed by atoms with Crippen LogP contribution in [0.4, 0.5) is 11.5 Å². The van der Waals surface area contributed by atoms with Crippen LogP contribution in [0.3, 0.4) is 0 Å². The van der Waals surface area contributed by atoms with Gasteiger partial charge in [-0.2, -0.15) is 0 Å². The zero-order valence-electron chi connectivity index (χ0n) is 15.8. The summed E-state index contributed by atoms with van der Waals surface area (Å²) in [6.45, 7) is 6.27. The minimum absolute atomic E-state index is 0.762. The number of fused-ring (bicyclic) bond motifs is 1. The van der Waals surface area contributed by atoms with Gasteiger partial charge in [-0.1, -0.05) is 61.0 Å². The Labute approximate surface area is 159 Å². The first-order valence-corrected chi connectivity index (χ1v) is 9.22. The van der Waals surface area contributed by atoms with E-state index in [-0.39, 0.29) is 0 Å². The first kappa shape index (κ1) is 17.2. The number of hydrogen-bond donors (Lipinski definition) is 0. The maximum Gasteiger partial charge on any atom is 0.187 e. The third kappa shape index (κ3) is 3.26. The SMILES string of the molecule is CCc1ccccc1N=Nc1c(-c2ccc(C)cc2)nc2cccc(C)n12. The van der Waals surface area contributed by atoms with Gasteiger partial charge in [0.2, 0.25) is 0 Å². The second-order valence-corrected chi connectivity index (χ2v) is 6.69. The number of rotatable bonds is 4. The number of nitrogens with zero attached hydrogens (tertiary/aromatic N) is 4. The number of benzene rings is 2. The average Bonchev–Trinajstić information content (AvgIpc) is 3.07. The number of pyridine rings is 1. The number of aromatic nitrogens is 2. The van der Waals surface area contributed by atoms with E-state index in [4.69, 9.17) is 4.98 Å². The van der Waals surface area contributed by atoms with Crippen LogP contribution in [0.15, 0.2) is 77.0 Å². The Kier molecular flexibility index (Phi) is 4.55. The topological polar surface area (TPSA) is 42.0 Å². The number of azo groups is 1. The molecule has 0 radical (unpaired) electrons. The summed E-state index contributed by atoms with van der Waals surface area (Å²) >= 11 is 0. The lowest BCUT2D eigenvalue weighted by atomic mass is 10.1. The van der Waals surface area contributed by atoms with Crippen LogP contribution in [-0.4, -0.2) is 9.38 Å². The Morgan fingerprint density at radius 2 is 1.63 bits per heavy atom. The van der Waals surface area contributed by atoms with E-state index in [2.05, 4.69) is 71.8 Å². The molecule has 4 heteroatoms. The Morgan fingerprint density at radius 3 is 2.41 bits per heavy atom. The molecule has 0 aliphatic heterocycles. The largest absolute Gasteiger partial charge is 0.280 e. The van der Waals surface area contributed by atoms with Crippen LogP contribution in [0, 0.1) is 13.8 Å². The van der Waals surface area contributed by atoms with E-state index in [1.807, 2.05) is 30.3 Å². The molecule has 2 aromatic heterocycles. The van der Waals surface area contributed by atoms with Gasteiger partial charge in [0.15, 0.2) is 5.82 Å². The van der Waals surface area contributed by atoms with Gasteiger partial charge in [0, 0.05) is 11.3 Å². The molecule has 0 saturated heterocycles. The molecule has 0 bridgehead atoms. The van der Waals surface area contributed by atoms with Gasteiger partial charge in [0.05, 0.1) is 5.69 Å². The molecule has 0 unspecified atom stereocenters. The zero-order valence-corrected chi connectivity index (χ0v) is 15.8. The molecule has 2 heterocycles. The average molecular weight is 354 g/mol.